The van der Waals surface area contributed by atoms with E-state index >= 15 is 0 Å². The molecule has 0 N–H and O–H groups in total. The normalized spacial score (nSPS) is 11.5. The van der Waals surface area contributed by atoms with Crippen LogP contribution in [-0.2, 0) is 6.61 Å². The minimum Gasteiger partial charge on any atom is -0.493 e. The summed E-state index contributed by atoms with van der Waals surface area (Å²) in [7, 11) is 1.59. The third kappa shape index (κ3) is 5.87. The molecule has 0 saturated carbocycles. The maximum Gasteiger partial charge on any atom is 0.282 e. The zero-order chi connectivity index (χ0) is 25.1. The Kier molecular flexibility index (Phi) is 8.13. The second-order valence-electron chi connectivity index (χ2n) is 8.10. The van der Waals surface area contributed by atoms with Gasteiger partial charge in [0.25, 0.3) is 5.56 Å². The second-order valence-corrected chi connectivity index (χ2v) is 10.6. The summed E-state index contributed by atoms with van der Waals surface area (Å²) in [6, 6.07) is 16.7. The van der Waals surface area contributed by atoms with Gasteiger partial charge in [-0.25, -0.2) is 4.98 Å². The molecule has 0 aliphatic rings. The highest BCUT2D eigenvalue weighted by Gasteiger charge is 2.15. The van der Waals surface area contributed by atoms with E-state index in [1.807, 2.05) is 62.4 Å². The van der Waals surface area contributed by atoms with Crippen molar-refractivity contribution in [2.45, 2.75) is 26.4 Å². The Morgan fingerprint density at radius 3 is 2.60 bits per heavy atom. The minimum atomic E-state index is -0.221. The molecule has 0 amide bonds. The molecule has 180 valence electrons. The summed E-state index contributed by atoms with van der Waals surface area (Å²) in [5, 5.41) is 5.69. The lowest BCUT2D eigenvalue weighted by molar-refractivity contribution is 0.282. The van der Waals surface area contributed by atoms with E-state index in [9.17, 15) is 4.79 Å². The molecule has 4 aromatic rings. The first kappa shape index (κ1) is 25.7. The van der Waals surface area contributed by atoms with Gasteiger partial charge in [-0.1, -0.05) is 53.5 Å². The molecule has 0 spiro atoms. The molecule has 9 heteroatoms. The van der Waals surface area contributed by atoms with Gasteiger partial charge in [0.1, 0.15) is 12.4 Å². The third-order valence-corrected chi connectivity index (χ3v) is 6.77. The van der Waals surface area contributed by atoms with Gasteiger partial charge < -0.3 is 9.47 Å². The Morgan fingerprint density at radius 1 is 1.17 bits per heavy atom. The molecule has 0 saturated heterocycles. The van der Waals surface area contributed by atoms with Gasteiger partial charge in [0.15, 0.2) is 11.5 Å². The van der Waals surface area contributed by atoms with Gasteiger partial charge in [-0.05, 0) is 76.2 Å². The maximum absolute atomic E-state index is 13.2. The van der Waals surface area contributed by atoms with Crippen molar-refractivity contribution in [1.29, 1.82) is 0 Å². The molecule has 0 fully saturated rings. The van der Waals surface area contributed by atoms with E-state index in [-0.39, 0.29) is 11.5 Å². The Labute approximate surface area is 230 Å². The van der Waals surface area contributed by atoms with Crippen LogP contribution in [0.15, 0.2) is 69.0 Å². The lowest BCUT2D eigenvalue weighted by atomic mass is 10.2. The summed E-state index contributed by atoms with van der Waals surface area (Å²) in [6.45, 7) is 4.34. The van der Waals surface area contributed by atoms with E-state index in [2.05, 4.69) is 48.6 Å². The molecular weight excluding hydrogens is 645 g/mol. The predicted molar refractivity (Wildman–Crippen MR) is 152 cm³/mol. The van der Waals surface area contributed by atoms with Crippen LogP contribution in [0.2, 0.25) is 5.02 Å². The standard InChI is InChI=1S/C26H22BrClIN3O3/c1-15(2)25-31-22-9-6-18(27)12-20(22)26(33)32(25)30-13-17-10-21(29)24(23(11-17)34-3)35-14-16-4-7-19(28)8-5-16/h4-13,15H,14H2,1-3H3. The van der Waals surface area contributed by atoms with Crippen LogP contribution in [0.3, 0.4) is 0 Å². The molecule has 0 aliphatic carbocycles. The van der Waals surface area contributed by atoms with E-state index in [1.54, 1.807) is 19.4 Å². The molecule has 35 heavy (non-hydrogen) atoms. The fourth-order valence-electron chi connectivity index (χ4n) is 3.47. The van der Waals surface area contributed by atoms with Gasteiger partial charge in [-0.2, -0.15) is 9.78 Å². The van der Waals surface area contributed by atoms with Crippen LogP contribution in [0.1, 0.15) is 36.7 Å². The van der Waals surface area contributed by atoms with Crippen molar-refractivity contribution in [1.82, 2.24) is 9.66 Å². The first-order valence-corrected chi connectivity index (χ1v) is 13.0. The van der Waals surface area contributed by atoms with Crippen molar-refractivity contribution in [3.63, 3.8) is 0 Å². The fourth-order valence-corrected chi connectivity index (χ4v) is 4.73. The number of aromatic nitrogens is 2. The van der Waals surface area contributed by atoms with Crippen LogP contribution in [-0.4, -0.2) is 23.0 Å². The largest absolute Gasteiger partial charge is 0.493 e. The molecule has 0 radical (unpaired) electrons. The van der Waals surface area contributed by atoms with Crippen molar-refractivity contribution in [3.05, 3.63) is 95.0 Å². The Morgan fingerprint density at radius 2 is 1.91 bits per heavy atom. The van der Waals surface area contributed by atoms with Crippen molar-refractivity contribution in [3.8, 4) is 11.5 Å². The first-order chi connectivity index (χ1) is 16.8. The average molecular weight is 667 g/mol. The molecule has 0 atom stereocenters. The number of fused-ring (bicyclic) bond motifs is 1. The van der Waals surface area contributed by atoms with Crippen LogP contribution in [0.25, 0.3) is 10.9 Å². The van der Waals surface area contributed by atoms with Crippen LogP contribution < -0.4 is 15.0 Å². The summed E-state index contributed by atoms with van der Waals surface area (Å²) in [5.74, 6) is 1.80. The molecule has 0 unspecified atom stereocenters. The summed E-state index contributed by atoms with van der Waals surface area (Å²) in [4.78, 5) is 17.9. The summed E-state index contributed by atoms with van der Waals surface area (Å²) in [5.41, 5.74) is 2.18. The van der Waals surface area contributed by atoms with Crippen LogP contribution >= 0.6 is 50.1 Å². The Bertz CT molecular complexity index is 1470. The number of benzene rings is 3. The molecule has 6 nitrogen and oxygen atoms in total. The highest BCUT2D eigenvalue weighted by molar-refractivity contribution is 14.1. The smallest absolute Gasteiger partial charge is 0.282 e. The van der Waals surface area contributed by atoms with Crippen LogP contribution in [0.4, 0.5) is 0 Å². The van der Waals surface area contributed by atoms with E-state index in [4.69, 9.17) is 21.1 Å². The van der Waals surface area contributed by atoms with Gasteiger partial charge in [0.05, 0.1) is 27.8 Å². The van der Waals surface area contributed by atoms with Gasteiger partial charge in [-0.3, -0.25) is 4.79 Å². The topological polar surface area (TPSA) is 65.7 Å². The van der Waals surface area contributed by atoms with E-state index < -0.39 is 0 Å². The Hall–Kier alpha value is -2.43. The molecule has 0 bridgehead atoms. The predicted octanol–water partition coefficient (Wildman–Crippen LogP) is 7.01. The van der Waals surface area contributed by atoms with Crippen molar-refractivity contribution in [2.75, 3.05) is 7.11 Å². The maximum atomic E-state index is 13.2. The van der Waals surface area contributed by atoms with E-state index in [1.165, 1.54) is 4.68 Å². The SMILES string of the molecule is COc1cc(C=Nn2c(C(C)C)nc3ccc(Br)cc3c2=O)cc(I)c1OCc1ccc(Cl)cc1. The number of rotatable bonds is 7. The van der Waals surface area contributed by atoms with Gasteiger partial charge in [-0.15, -0.1) is 0 Å². The quantitative estimate of drug-likeness (QED) is 0.157. The van der Waals surface area contributed by atoms with E-state index in [0.29, 0.717) is 39.9 Å². The highest BCUT2D eigenvalue weighted by atomic mass is 127. The van der Waals surface area contributed by atoms with Crippen LogP contribution in [0.5, 0.6) is 11.5 Å². The third-order valence-electron chi connectivity index (χ3n) is 5.22. The first-order valence-electron chi connectivity index (χ1n) is 10.8. The van der Waals surface area contributed by atoms with Crippen LogP contribution in [0, 0.1) is 3.57 Å². The molecule has 1 heterocycles. The summed E-state index contributed by atoms with van der Waals surface area (Å²) >= 11 is 11.6. The molecule has 3 aromatic carbocycles. The lowest BCUT2D eigenvalue weighted by Crippen LogP contribution is -2.23. The van der Waals surface area contributed by atoms with Gasteiger partial charge in [0, 0.05) is 15.4 Å². The zero-order valence-corrected chi connectivity index (χ0v) is 23.8. The second kappa shape index (κ2) is 11.1. The average Bonchev–Trinajstić information content (AvgIpc) is 2.83. The molecule has 0 aliphatic heterocycles. The number of hydrogen-bond acceptors (Lipinski definition) is 5. The molecular formula is C26H22BrClIN3O3. The summed E-state index contributed by atoms with van der Waals surface area (Å²) < 4.78 is 14.7. The number of hydrogen-bond donors (Lipinski definition) is 0. The number of halogens is 3. The van der Waals surface area contributed by atoms with E-state index in [0.717, 1.165) is 19.2 Å². The van der Waals surface area contributed by atoms with Gasteiger partial charge >= 0.3 is 0 Å². The monoisotopic (exact) mass is 665 g/mol. The summed E-state index contributed by atoms with van der Waals surface area (Å²) in [6.07, 6.45) is 1.63. The number of ether oxygens (including phenoxy) is 2. The minimum absolute atomic E-state index is 0.00575. The molecule has 1 aromatic heterocycles. The number of methoxy groups -OCH3 is 1. The van der Waals surface area contributed by atoms with Gasteiger partial charge in [0.2, 0.25) is 0 Å². The lowest BCUT2D eigenvalue weighted by Gasteiger charge is -2.14. The fraction of sp³-hybridized carbons (Fsp3) is 0.192. The number of nitrogens with zero attached hydrogens (tertiary/aromatic N) is 3. The zero-order valence-electron chi connectivity index (χ0n) is 19.3. The van der Waals surface area contributed by atoms with Crippen molar-refractivity contribution in [2.24, 2.45) is 5.10 Å². The van der Waals surface area contributed by atoms with Crippen molar-refractivity contribution < 1.29 is 9.47 Å². The molecule has 4 rings (SSSR count). The highest BCUT2D eigenvalue weighted by Crippen LogP contribution is 2.34. The Balaban J connectivity index is 1.68. The van der Waals surface area contributed by atoms with Crippen molar-refractivity contribution >= 4 is 67.2 Å².